The number of nitrogens with zero attached hydrogens (tertiary/aromatic N) is 1. The van der Waals surface area contributed by atoms with Crippen LogP contribution in [0.2, 0.25) is 0 Å². The summed E-state index contributed by atoms with van der Waals surface area (Å²) in [7, 11) is 1.58. The molecule has 0 atom stereocenters. The Hall–Kier alpha value is -3.74. The van der Waals surface area contributed by atoms with Crippen LogP contribution in [0.25, 0.3) is 6.08 Å². The van der Waals surface area contributed by atoms with Gasteiger partial charge in [0.1, 0.15) is 24.7 Å². The van der Waals surface area contributed by atoms with Crippen molar-refractivity contribution in [2.75, 3.05) is 20.3 Å². The van der Waals surface area contributed by atoms with E-state index in [0.29, 0.717) is 31.3 Å². The van der Waals surface area contributed by atoms with Gasteiger partial charge in [0.15, 0.2) is 11.5 Å². The van der Waals surface area contributed by atoms with Gasteiger partial charge in [0, 0.05) is 6.08 Å². The summed E-state index contributed by atoms with van der Waals surface area (Å²) in [4.78, 5) is 12.1. The molecule has 0 radical (unpaired) electrons. The fourth-order valence-electron chi connectivity index (χ4n) is 3.05. The smallest absolute Gasteiger partial charge is 0.244 e. The molecular formula is C25H28N2O5. The van der Waals surface area contributed by atoms with Crippen LogP contribution < -0.4 is 19.5 Å². The second kappa shape index (κ2) is 11.0. The summed E-state index contributed by atoms with van der Waals surface area (Å²) in [5.41, 5.74) is 3.60. The van der Waals surface area contributed by atoms with Crippen LogP contribution in [0.1, 0.15) is 28.1 Å². The highest BCUT2D eigenvalue weighted by molar-refractivity contribution is 5.91. The predicted molar refractivity (Wildman–Crippen MR) is 122 cm³/mol. The average Bonchev–Trinajstić information content (AvgIpc) is 3.12. The summed E-state index contributed by atoms with van der Waals surface area (Å²) < 4.78 is 22.2. The van der Waals surface area contributed by atoms with Crippen LogP contribution in [-0.4, -0.2) is 31.3 Å². The van der Waals surface area contributed by atoms with Gasteiger partial charge in [-0.15, -0.1) is 0 Å². The lowest BCUT2D eigenvalue weighted by Crippen LogP contribution is -2.26. The van der Waals surface area contributed by atoms with E-state index in [2.05, 4.69) is 10.5 Å². The molecule has 32 heavy (non-hydrogen) atoms. The van der Waals surface area contributed by atoms with Crippen LogP contribution in [0.3, 0.4) is 0 Å². The highest BCUT2D eigenvalue weighted by Gasteiger charge is 2.12. The fraction of sp³-hybridized carbons (Fsp3) is 0.280. The van der Waals surface area contributed by atoms with E-state index in [-0.39, 0.29) is 5.91 Å². The van der Waals surface area contributed by atoms with Crippen molar-refractivity contribution < 1.29 is 23.5 Å². The predicted octanol–water partition coefficient (Wildman–Crippen LogP) is 4.40. The Bertz CT molecular complexity index is 1070. The molecule has 0 spiro atoms. The molecule has 0 aliphatic carbocycles. The summed E-state index contributed by atoms with van der Waals surface area (Å²) in [6.07, 6.45) is 3.20. The van der Waals surface area contributed by atoms with E-state index < -0.39 is 0 Å². The number of ether oxygens (including phenoxy) is 3. The maximum absolute atomic E-state index is 12.1. The number of carbonyl (C=O) groups is 1. The number of benzene rings is 2. The molecule has 0 aliphatic heterocycles. The molecule has 1 amide bonds. The number of nitrogens with one attached hydrogen (secondary N) is 1. The highest BCUT2D eigenvalue weighted by atomic mass is 16.5. The minimum Gasteiger partial charge on any atom is -0.493 e. The first-order chi connectivity index (χ1) is 15.5. The van der Waals surface area contributed by atoms with Gasteiger partial charge in [-0.05, 0) is 56.2 Å². The van der Waals surface area contributed by atoms with Crippen LogP contribution in [0, 0.1) is 20.8 Å². The van der Waals surface area contributed by atoms with E-state index in [1.165, 1.54) is 6.08 Å². The Morgan fingerprint density at radius 1 is 1.06 bits per heavy atom. The van der Waals surface area contributed by atoms with E-state index in [1.807, 2.05) is 63.2 Å². The first kappa shape index (κ1) is 22.9. The van der Waals surface area contributed by atoms with Gasteiger partial charge >= 0.3 is 0 Å². The van der Waals surface area contributed by atoms with Crippen molar-refractivity contribution in [2.24, 2.45) is 0 Å². The van der Waals surface area contributed by atoms with Crippen LogP contribution in [0.4, 0.5) is 0 Å². The van der Waals surface area contributed by atoms with Crippen LogP contribution in [0.15, 0.2) is 53.1 Å². The molecule has 3 rings (SSSR count). The van der Waals surface area contributed by atoms with Gasteiger partial charge in [-0.3, -0.25) is 4.79 Å². The van der Waals surface area contributed by atoms with E-state index in [1.54, 1.807) is 13.2 Å². The Morgan fingerprint density at radius 2 is 1.88 bits per heavy atom. The zero-order chi connectivity index (χ0) is 22.9. The number of hydrogen-bond acceptors (Lipinski definition) is 6. The molecule has 168 valence electrons. The first-order valence-corrected chi connectivity index (χ1v) is 10.3. The molecule has 0 unspecified atom stereocenters. The van der Waals surface area contributed by atoms with Crippen molar-refractivity contribution in [3.8, 4) is 17.2 Å². The van der Waals surface area contributed by atoms with Gasteiger partial charge < -0.3 is 24.1 Å². The SMILES string of the molecule is COc1cc(/C=C/C(=O)NCCOc2ccccc2C)ccc1OCc1c(C)noc1C. The van der Waals surface area contributed by atoms with Gasteiger partial charge in [0.2, 0.25) is 5.91 Å². The number of para-hydroxylation sites is 1. The van der Waals surface area contributed by atoms with E-state index in [4.69, 9.17) is 18.7 Å². The molecule has 1 aromatic heterocycles. The molecule has 0 bridgehead atoms. The number of carbonyl (C=O) groups excluding carboxylic acids is 1. The lowest BCUT2D eigenvalue weighted by molar-refractivity contribution is -0.116. The molecule has 2 aromatic carbocycles. The van der Waals surface area contributed by atoms with E-state index >= 15 is 0 Å². The first-order valence-electron chi connectivity index (χ1n) is 10.3. The number of methoxy groups -OCH3 is 1. The summed E-state index contributed by atoms with van der Waals surface area (Å²) in [5, 5.41) is 6.74. The molecule has 0 fully saturated rings. The van der Waals surface area contributed by atoms with Gasteiger partial charge in [-0.2, -0.15) is 0 Å². The molecular weight excluding hydrogens is 408 g/mol. The highest BCUT2D eigenvalue weighted by Crippen LogP contribution is 2.30. The molecule has 1 heterocycles. The molecule has 0 saturated heterocycles. The second-order valence-corrected chi connectivity index (χ2v) is 7.24. The Morgan fingerprint density at radius 3 is 2.59 bits per heavy atom. The standard InChI is InChI=1S/C25H28N2O5/c1-17-7-5-6-8-22(17)30-14-13-26-25(28)12-10-20-9-11-23(24(15-20)29-4)31-16-21-18(2)27-32-19(21)3/h5-12,15H,13-14,16H2,1-4H3,(H,26,28)/b12-10+. The van der Waals surface area contributed by atoms with E-state index in [0.717, 1.165) is 33.9 Å². The maximum Gasteiger partial charge on any atom is 0.244 e. The zero-order valence-electron chi connectivity index (χ0n) is 18.8. The minimum absolute atomic E-state index is 0.198. The van der Waals surface area contributed by atoms with Gasteiger partial charge in [-0.25, -0.2) is 0 Å². The van der Waals surface area contributed by atoms with Crippen LogP contribution in [-0.2, 0) is 11.4 Å². The van der Waals surface area contributed by atoms with Gasteiger partial charge in [-0.1, -0.05) is 29.4 Å². The Labute approximate surface area is 188 Å². The quantitative estimate of drug-likeness (QED) is 0.375. The molecule has 1 N–H and O–H groups in total. The van der Waals surface area contributed by atoms with Crippen molar-refractivity contribution in [1.82, 2.24) is 10.5 Å². The Balaban J connectivity index is 1.50. The van der Waals surface area contributed by atoms with Crippen molar-refractivity contribution >= 4 is 12.0 Å². The normalized spacial score (nSPS) is 10.9. The molecule has 7 heteroatoms. The summed E-state index contributed by atoms with van der Waals surface area (Å²) in [5.74, 6) is 2.53. The van der Waals surface area contributed by atoms with Crippen molar-refractivity contribution in [2.45, 2.75) is 27.4 Å². The summed E-state index contributed by atoms with van der Waals surface area (Å²) in [6, 6.07) is 13.3. The van der Waals surface area contributed by atoms with Crippen LogP contribution >= 0.6 is 0 Å². The Kier molecular flexibility index (Phi) is 7.91. The topological polar surface area (TPSA) is 82.8 Å². The largest absolute Gasteiger partial charge is 0.493 e. The lowest BCUT2D eigenvalue weighted by atomic mass is 10.2. The van der Waals surface area contributed by atoms with Crippen LogP contribution in [0.5, 0.6) is 17.2 Å². The van der Waals surface area contributed by atoms with E-state index in [9.17, 15) is 4.79 Å². The van der Waals surface area contributed by atoms with Gasteiger partial charge in [0.05, 0.1) is 24.9 Å². The fourth-order valence-corrected chi connectivity index (χ4v) is 3.05. The maximum atomic E-state index is 12.1. The molecule has 0 saturated carbocycles. The second-order valence-electron chi connectivity index (χ2n) is 7.24. The lowest BCUT2D eigenvalue weighted by Gasteiger charge is -2.11. The van der Waals surface area contributed by atoms with Crippen molar-refractivity contribution in [3.05, 3.63) is 76.7 Å². The summed E-state index contributed by atoms with van der Waals surface area (Å²) in [6.45, 7) is 6.85. The number of aryl methyl sites for hydroxylation is 3. The molecule has 3 aromatic rings. The number of amides is 1. The number of hydrogen-bond donors (Lipinski definition) is 1. The average molecular weight is 437 g/mol. The summed E-state index contributed by atoms with van der Waals surface area (Å²) >= 11 is 0. The number of rotatable bonds is 10. The van der Waals surface area contributed by atoms with Gasteiger partial charge in [0.25, 0.3) is 0 Å². The molecule has 0 aliphatic rings. The molecule has 7 nitrogen and oxygen atoms in total. The monoisotopic (exact) mass is 436 g/mol. The third-order valence-electron chi connectivity index (χ3n) is 4.92. The minimum atomic E-state index is -0.198. The van der Waals surface area contributed by atoms with Crippen molar-refractivity contribution in [3.63, 3.8) is 0 Å². The third kappa shape index (κ3) is 6.14. The zero-order valence-corrected chi connectivity index (χ0v) is 18.8. The van der Waals surface area contributed by atoms with Crippen molar-refractivity contribution in [1.29, 1.82) is 0 Å². The number of aromatic nitrogens is 1. The third-order valence-corrected chi connectivity index (χ3v) is 4.92.